The molecule has 0 aliphatic heterocycles. The van der Waals surface area contributed by atoms with E-state index in [2.05, 4.69) is 5.32 Å². The van der Waals surface area contributed by atoms with Crippen LogP contribution in [0, 0.1) is 18.6 Å². The summed E-state index contributed by atoms with van der Waals surface area (Å²) in [7, 11) is 0. The molecular weight excluding hydrogens is 256 g/mol. The molecule has 18 heavy (non-hydrogen) atoms. The minimum atomic E-state index is -0.687. The number of anilines is 1. The van der Waals surface area contributed by atoms with Gasteiger partial charge in [-0.2, -0.15) is 0 Å². The first-order valence-electron chi connectivity index (χ1n) is 5.50. The third kappa shape index (κ3) is 2.99. The van der Waals surface area contributed by atoms with E-state index in [-0.39, 0.29) is 10.7 Å². The topological polar surface area (TPSA) is 12.0 Å². The number of nitrogens with one attached hydrogen (secondary N) is 1. The fraction of sp³-hybridized carbons (Fsp3) is 0.143. The van der Waals surface area contributed by atoms with Crippen molar-refractivity contribution in [2.24, 2.45) is 0 Å². The number of halogens is 3. The second kappa shape index (κ2) is 5.36. The van der Waals surface area contributed by atoms with Gasteiger partial charge in [0.25, 0.3) is 0 Å². The van der Waals surface area contributed by atoms with Gasteiger partial charge in [-0.15, -0.1) is 0 Å². The van der Waals surface area contributed by atoms with E-state index in [1.54, 1.807) is 0 Å². The van der Waals surface area contributed by atoms with Gasteiger partial charge in [0.15, 0.2) is 5.82 Å². The van der Waals surface area contributed by atoms with Crippen molar-refractivity contribution in [2.45, 2.75) is 13.5 Å². The minimum absolute atomic E-state index is 0.0418. The predicted molar refractivity (Wildman–Crippen MR) is 69.9 cm³/mol. The average Bonchev–Trinajstić information content (AvgIpc) is 2.27. The van der Waals surface area contributed by atoms with Gasteiger partial charge >= 0.3 is 0 Å². The molecule has 1 N–H and O–H groups in total. The van der Waals surface area contributed by atoms with Crippen LogP contribution in [0.5, 0.6) is 0 Å². The van der Waals surface area contributed by atoms with Crippen LogP contribution in [0.3, 0.4) is 0 Å². The SMILES string of the molecule is Cc1cccc(CNc2c(F)cc(F)cc2Cl)c1. The first-order chi connectivity index (χ1) is 8.56. The lowest BCUT2D eigenvalue weighted by molar-refractivity contribution is 0.585. The number of aryl methyl sites for hydroxylation is 1. The molecule has 0 amide bonds. The van der Waals surface area contributed by atoms with Crippen molar-refractivity contribution in [3.05, 3.63) is 64.2 Å². The molecule has 0 bridgehead atoms. The van der Waals surface area contributed by atoms with Crippen LogP contribution in [-0.4, -0.2) is 0 Å². The van der Waals surface area contributed by atoms with Crippen molar-refractivity contribution in [3.8, 4) is 0 Å². The summed E-state index contributed by atoms with van der Waals surface area (Å²) in [4.78, 5) is 0. The molecule has 0 fully saturated rings. The van der Waals surface area contributed by atoms with Crippen LogP contribution in [-0.2, 0) is 6.54 Å². The predicted octanol–water partition coefficient (Wildman–Crippen LogP) is 4.54. The van der Waals surface area contributed by atoms with Crippen molar-refractivity contribution < 1.29 is 8.78 Å². The smallest absolute Gasteiger partial charge is 0.150 e. The molecule has 0 aliphatic rings. The van der Waals surface area contributed by atoms with Gasteiger partial charge in [0.1, 0.15) is 5.82 Å². The molecule has 1 nitrogen and oxygen atoms in total. The standard InChI is InChI=1S/C14H12ClF2N/c1-9-3-2-4-10(5-9)8-18-14-12(15)6-11(16)7-13(14)17/h2-7,18H,8H2,1H3. The molecule has 0 heterocycles. The normalized spacial score (nSPS) is 10.4. The van der Waals surface area contributed by atoms with Gasteiger partial charge in [0.05, 0.1) is 10.7 Å². The average molecular weight is 268 g/mol. The first-order valence-corrected chi connectivity index (χ1v) is 5.88. The van der Waals surface area contributed by atoms with Crippen LogP contribution in [0.1, 0.15) is 11.1 Å². The quantitative estimate of drug-likeness (QED) is 0.861. The highest BCUT2D eigenvalue weighted by Gasteiger charge is 2.09. The molecule has 0 aliphatic carbocycles. The van der Waals surface area contributed by atoms with E-state index < -0.39 is 11.6 Å². The van der Waals surface area contributed by atoms with Crippen LogP contribution >= 0.6 is 11.6 Å². The van der Waals surface area contributed by atoms with Crippen molar-refractivity contribution >= 4 is 17.3 Å². The Morgan fingerprint density at radius 3 is 2.61 bits per heavy atom. The monoisotopic (exact) mass is 267 g/mol. The molecule has 0 saturated heterocycles. The van der Waals surface area contributed by atoms with E-state index >= 15 is 0 Å². The molecule has 0 aromatic heterocycles. The lowest BCUT2D eigenvalue weighted by atomic mass is 10.1. The highest BCUT2D eigenvalue weighted by atomic mass is 35.5. The number of benzene rings is 2. The summed E-state index contributed by atoms with van der Waals surface area (Å²) in [6, 6.07) is 9.72. The molecule has 0 unspecified atom stereocenters. The fourth-order valence-electron chi connectivity index (χ4n) is 1.72. The summed E-state index contributed by atoms with van der Waals surface area (Å²) < 4.78 is 26.4. The zero-order valence-corrected chi connectivity index (χ0v) is 10.6. The van der Waals surface area contributed by atoms with Crippen LogP contribution in [0.15, 0.2) is 36.4 Å². The Labute approximate surface area is 109 Å². The van der Waals surface area contributed by atoms with Crippen molar-refractivity contribution in [3.63, 3.8) is 0 Å². The van der Waals surface area contributed by atoms with E-state index in [1.165, 1.54) is 0 Å². The summed E-state index contributed by atoms with van der Waals surface area (Å²) in [5.74, 6) is -1.37. The Hall–Kier alpha value is -1.61. The lowest BCUT2D eigenvalue weighted by Gasteiger charge is -2.10. The maximum Gasteiger partial charge on any atom is 0.150 e. The van der Waals surface area contributed by atoms with Gasteiger partial charge in [-0.1, -0.05) is 41.4 Å². The first kappa shape index (κ1) is 12.8. The molecule has 0 radical (unpaired) electrons. The van der Waals surface area contributed by atoms with Crippen molar-refractivity contribution in [1.82, 2.24) is 0 Å². The minimum Gasteiger partial charge on any atom is -0.377 e. The van der Waals surface area contributed by atoms with Gasteiger partial charge in [0, 0.05) is 12.6 Å². The number of hydrogen-bond donors (Lipinski definition) is 1. The second-order valence-corrected chi connectivity index (χ2v) is 4.49. The van der Waals surface area contributed by atoms with Crippen LogP contribution < -0.4 is 5.32 Å². The summed E-state index contributed by atoms with van der Waals surface area (Å²) >= 11 is 5.79. The zero-order chi connectivity index (χ0) is 13.1. The van der Waals surface area contributed by atoms with Crippen LogP contribution in [0.4, 0.5) is 14.5 Å². The molecule has 0 spiro atoms. The molecular formula is C14H12ClF2N. The van der Waals surface area contributed by atoms with E-state index in [4.69, 9.17) is 11.6 Å². The van der Waals surface area contributed by atoms with E-state index in [9.17, 15) is 8.78 Å². The number of rotatable bonds is 3. The van der Waals surface area contributed by atoms with Crippen LogP contribution in [0.25, 0.3) is 0 Å². The van der Waals surface area contributed by atoms with Crippen LogP contribution in [0.2, 0.25) is 5.02 Å². The Morgan fingerprint density at radius 1 is 1.17 bits per heavy atom. The summed E-state index contributed by atoms with van der Waals surface area (Å²) in [5, 5.41) is 2.92. The molecule has 94 valence electrons. The van der Waals surface area contributed by atoms with Gasteiger partial charge in [-0.25, -0.2) is 8.78 Å². The van der Waals surface area contributed by atoms with Crippen molar-refractivity contribution in [2.75, 3.05) is 5.32 Å². The second-order valence-electron chi connectivity index (χ2n) is 4.09. The zero-order valence-electron chi connectivity index (χ0n) is 9.81. The lowest BCUT2D eigenvalue weighted by Crippen LogP contribution is -2.02. The highest BCUT2D eigenvalue weighted by Crippen LogP contribution is 2.26. The van der Waals surface area contributed by atoms with Crippen molar-refractivity contribution in [1.29, 1.82) is 0 Å². The fourth-order valence-corrected chi connectivity index (χ4v) is 1.98. The highest BCUT2D eigenvalue weighted by molar-refractivity contribution is 6.33. The summed E-state index contributed by atoms with van der Waals surface area (Å²) in [5.41, 5.74) is 2.26. The van der Waals surface area contributed by atoms with E-state index in [1.807, 2.05) is 31.2 Å². The van der Waals surface area contributed by atoms with E-state index in [0.29, 0.717) is 6.54 Å². The molecule has 2 rings (SSSR count). The van der Waals surface area contributed by atoms with Gasteiger partial charge in [-0.05, 0) is 18.6 Å². The molecule has 2 aromatic carbocycles. The van der Waals surface area contributed by atoms with E-state index in [0.717, 1.165) is 23.3 Å². The Bertz CT molecular complexity index is 546. The number of hydrogen-bond acceptors (Lipinski definition) is 1. The molecule has 4 heteroatoms. The third-order valence-electron chi connectivity index (χ3n) is 2.56. The maximum absolute atomic E-state index is 13.5. The largest absolute Gasteiger partial charge is 0.377 e. The maximum atomic E-state index is 13.5. The summed E-state index contributed by atoms with van der Waals surface area (Å²) in [6.45, 7) is 2.42. The Morgan fingerprint density at radius 2 is 1.94 bits per heavy atom. The molecule has 2 aromatic rings. The van der Waals surface area contributed by atoms with Gasteiger partial charge in [0.2, 0.25) is 0 Å². The summed E-state index contributed by atoms with van der Waals surface area (Å²) in [6.07, 6.45) is 0. The third-order valence-corrected chi connectivity index (χ3v) is 2.86. The molecule has 0 atom stereocenters. The Balaban J connectivity index is 2.16. The van der Waals surface area contributed by atoms with Gasteiger partial charge < -0.3 is 5.32 Å². The Kier molecular flexibility index (Phi) is 3.82. The molecule has 0 saturated carbocycles. The van der Waals surface area contributed by atoms with Gasteiger partial charge in [-0.3, -0.25) is 0 Å².